The lowest BCUT2D eigenvalue weighted by Gasteiger charge is -2.20. The molecule has 1 unspecified atom stereocenters. The summed E-state index contributed by atoms with van der Waals surface area (Å²) in [7, 11) is -1.91. The van der Waals surface area contributed by atoms with Crippen molar-refractivity contribution in [3.8, 4) is 11.4 Å². The van der Waals surface area contributed by atoms with Gasteiger partial charge in [-0.1, -0.05) is 67.6 Å². The van der Waals surface area contributed by atoms with Crippen molar-refractivity contribution in [2.24, 2.45) is 0 Å². The van der Waals surface area contributed by atoms with Gasteiger partial charge in [-0.25, -0.2) is 8.42 Å². The second-order valence-electron chi connectivity index (χ2n) is 7.87. The molecule has 0 fully saturated rings. The van der Waals surface area contributed by atoms with E-state index >= 15 is 0 Å². The van der Waals surface area contributed by atoms with Crippen molar-refractivity contribution in [1.29, 1.82) is 0 Å². The monoisotopic (exact) mass is 488 g/mol. The first-order valence-corrected chi connectivity index (χ1v) is 13.5. The van der Waals surface area contributed by atoms with Gasteiger partial charge in [0, 0.05) is 31.5 Å². The molecule has 2 aromatic carbocycles. The molecular weight excluding hydrogens is 456 g/mol. The molecular formula is C24H32N4O3S2. The van der Waals surface area contributed by atoms with Gasteiger partial charge in [-0.15, -0.1) is 10.2 Å². The van der Waals surface area contributed by atoms with Crippen LogP contribution in [0.2, 0.25) is 0 Å². The quantitative estimate of drug-likeness (QED) is 0.361. The number of hydrogen-bond acceptors (Lipinski definition) is 6. The Morgan fingerprint density at radius 2 is 1.79 bits per heavy atom. The van der Waals surface area contributed by atoms with Crippen LogP contribution in [0, 0.1) is 6.92 Å². The molecule has 0 aliphatic heterocycles. The molecule has 0 spiro atoms. The maximum absolute atomic E-state index is 13.0. The topological polar surface area (TPSA) is 77.3 Å². The zero-order chi connectivity index (χ0) is 24.0. The first-order valence-electron chi connectivity index (χ1n) is 11.0. The molecule has 0 saturated carbocycles. The van der Waals surface area contributed by atoms with Gasteiger partial charge in [0.1, 0.15) is 0 Å². The zero-order valence-corrected chi connectivity index (χ0v) is 21.5. The van der Waals surface area contributed by atoms with Crippen LogP contribution >= 0.6 is 11.8 Å². The number of hydrogen-bond donors (Lipinski definition) is 0. The minimum atomic E-state index is -3.57. The van der Waals surface area contributed by atoms with E-state index in [2.05, 4.69) is 41.4 Å². The van der Waals surface area contributed by atoms with Crippen LogP contribution < -0.4 is 0 Å². The third kappa shape index (κ3) is 5.84. The third-order valence-corrected chi connectivity index (χ3v) is 8.50. The van der Waals surface area contributed by atoms with Crippen LogP contribution in [-0.2, 0) is 20.5 Å². The Labute approximate surface area is 201 Å². The molecule has 0 bridgehead atoms. The van der Waals surface area contributed by atoms with E-state index in [0.29, 0.717) is 31.1 Å². The summed E-state index contributed by atoms with van der Waals surface area (Å²) in [6, 6.07) is 15.3. The number of rotatable bonds is 11. The predicted octanol–water partition coefficient (Wildman–Crippen LogP) is 4.78. The van der Waals surface area contributed by atoms with Gasteiger partial charge >= 0.3 is 0 Å². The largest absolute Gasteiger partial charge is 0.383 e. The number of benzene rings is 2. The maximum atomic E-state index is 13.0. The second-order valence-corrected chi connectivity index (χ2v) is 10.8. The van der Waals surface area contributed by atoms with Crippen molar-refractivity contribution in [2.75, 3.05) is 26.8 Å². The fourth-order valence-electron chi connectivity index (χ4n) is 3.63. The lowest BCUT2D eigenvalue weighted by atomic mass is 10.2. The van der Waals surface area contributed by atoms with Crippen LogP contribution in [0.4, 0.5) is 0 Å². The van der Waals surface area contributed by atoms with Crippen molar-refractivity contribution in [1.82, 2.24) is 19.1 Å². The Hall–Kier alpha value is -2.20. The molecule has 3 rings (SSSR count). The third-order valence-electron chi connectivity index (χ3n) is 5.44. The zero-order valence-electron chi connectivity index (χ0n) is 19.9. The number of nitrogens with zero attached hydrogens (tertiary/aromatic N) is 4. The summed E-state index contributed by atoms with van der Waals surface area (Å²) in [5.41, 5.74) is 3.14. The van der Waals surface area contributed by atoms with Crippen LogP contribution in [0.25, 0.3) is 11.4 Å². The van der Waals surface area contributed by atoms with Crippen molar-refractivity contribution in [3.05, 3.63) is 59.7 Å². The molecule has 1 atom stereocenters. The highest BCUT2D eigenvalue weighted by atomic mass is 32.2. The van der Waals surface area contributed by atoms with E-state index in [4.69, 9.17) is 4.74 Å². The Kier molecular flexibility index (Phi) is 8.69. The molecule has 0 aliphatic carbocycles. The average Bonchev–Trinajstić information content (AvgIpc) is 3.24. The number of methoxy groups -OCH3 is 1. The molecule has 33 heavy (non-hydrogen) atoms. The first kappa shape index (κ1) is 25.4. The lowest BCUT2D eigenvalue weighted by Crippen LogP contribution is -2.30. The van der Waals surface area contributed by atoms with E-state index in [0.717, 1.165) is 10.9 Å². The molecule has 0 saturated heterocycles. The van der Waals surface area contributed by atoms with Gasteiger partial charge in [-0.05, 0) is 31.5 Å². The van der Waals surface area contributed by atoms with Gasteiger partial charge in [0.05, 0.1) is 17.5 Å². The Balaban J connectivity index is 1.98. The maximum Gasteiger partial charge on any atom is 0.243 e. The summed E-state index contributed by atoms with van der Waals surface area (Å²) in [6.07, 6.45) is 0. The number of ether oxygens (including phenoxy) is 1. The molecule has 0 aliphatic rings. The van der Waals surface area contributed by atoms with Gasteiger partial charge < -0.3 is 4.74 Å². The average molecular weight is 489 g/mol. The minimum absolute atomic E-state index is 0.0245. The molecule has 9 heteroatoms. The number of aryl methyl sites for hydroxylation is 1. The summed E-state index contributed by atoms with van der Waals surface area (Å²) in [5, 5.41) is 9.67. The molecule has 7 nitrogen and oxygen atoms in total. The molecule has 1 aromatic heterocycles. The van der Waals surface area contributed by atoms with E-state index < -0.39 is 10.0 Å². The summed E-state index contributed by atoms with van der Waals surface area (Å²) < 4.78 is 35.0. The normalized spacial score (nSPS) is 12.9. The Morgan fingerprint density at radius 3 is 2.42 bits per heavy atom. The van der Waals surface area contributed by atoms with Crippen LogP contribution in [0.1, 0.15) is 37.9 Å². The highest BCUT2D eigenvalue weighted by Crippen LogP contribution is 2.31. The SMILES string of the molecule is CCN(CC)S(=O)(=O)c1cccc(-c2nnc(SCc3ccc(C)cc3)n2C(C)COC)c1. The highest BCUT2D eigenvalue weighted by molar-refractivity contribution is 7.98. The predicted molar refractivity (Wildman–Crippen MR) is 133 cm³/mol. The summed E-state index contributed by atoms with van der Waals surface area (Å²) >= 11 is 1.60. The number of thioether (sulfide) groups is 1. The molecule has 178 valence electrons. The highest BCUT2D eigenvalue weighted by Gasteiger charge is 2.24. The van der Waals surface area contributed by atoms with E-state index in [1.807, 2.05) is 31.4 Å². The minimum Gasteiger partial charge on any atom is -0.383 e. The Bertz CT molecular complexity index is 1160. The van der Waals surface area contributed by atoms with E-state index in [9.17, 15) is 8.42 Å². The van der Waals surface area contributed by atoms with E-state index in [-0.39, 0.29) is 10.9 Å². The Morgan fingerprint density at radius 1 is 1.09 bits per heavy atom. The molecule has 0 amide bonds. The molecule has 0 N–H and O–H groups in total. The van der Waals surface area contributed by atoms with E-state index in [1.165, 1.54) is 15.4 Å². The fourth-order valence-corrected chi connectivity index (χ4v) is 6.12. The van der Waals surface area contributed by atoms with E-state index in [1.54, 1.807) is 37.1 Å². The van der Waals surface area contributed by atoms with Gasteiger partial charge in [0.2, 0.25) is 10.0 Å². The smallest absolute Gasteiger partial charge is 0.243 e. The van der Waals surface area contributed by atoms with Crippen LogP contribution in [0.15, 0.2) is 58.6 Å². The van der Waals surface area contributed by atoms with Crippen molar-refractivity contribution >= 4 is 21.8 Å². The van der Waals surface area contributed by atoms with Crippen LogP contribution in [-0.4, -0.2) is 54.3 Å². The number of sulfonamides is 1. The molecule has 3 aromatic rings. The van der Waals surface area contributed by atoms with Crippen LogP contribution in [0.5, 0.6) is 0 Å². The molecule has 0 radical (unpaired) electrons. The first-order chi connectivity index (χ1) is 15.8. The summed E-state index contributed by atoms with van der Waals surface area (Å²) in [4.78, 5) is 0.256. The van der Waals surface area contributed by atoms with Crippen LogP contribution in [0.3, 0.4) is 0 Å². The van der Waals surface area contributed by atoms with Crippen molar-refractivity contribution in [2.45, 2.75) is 49.5 Å². The van der Waals surface area contributed by atoms with Gasteiger partial charge in [0.25, 0.3) is 0 Å². The standard InChI is InChI=1S/C24H32N4O3S2/c1-6-27(7-2)33(29,30)22-10-8-9-21(15-22)23-25-26-24(28(23)19(4)16-31-5)32-17-20-13-11-18(3)12-14-20/h8-15,19H,6-7,16-17H2,1-5H3. The van der Waals surface area contributed by atoms with Gasteiger partial charge in [-0.3, -0.25) is 4.57 Å². The van der Waals surface area contributed by atoms with Crippen molar-refractivity contribution < 1.29 is 13.2 Å². The fraction of sp³-hybridized carbons (Fsp3) is 0.417. The van der Waals surface area contributed by atoms with Crippen molar-refractivity contribution in [3.63, 3.8) is 0 Å². The second kappa shape index (κ2) is 11.3. The van der Waals surface area contributed by atoms with Gasteiger partial charge in [0.15, 0.2) is 11.0 Å². The van der Waals surface area contributed by atoms with Gasteiger partial charge in [-0.2, -0.15) is 4.31 Å². The summed E-state index contributed by atoms with van der Waals surface area (Å²) in [6.45, 7) is 9.12. The lowest BCUT2D eigenvalue weighted by molar-refractivity contribution is 0.159. The molecule has 1 heterocycles. The number of aromatic nitrogens is 3. The summed E-state index contributed by atoms with van der Waals surface area (Å²) in [5.74, 6) is 1.39.